The van der Waals surface area contributed by atoms with Gasteiger partial charge in [0.15, 0.2) is 0 Å². The van der Waals surface area contributed by atoms with E-state index in [2.05, 4.69) is 5.32 Å². The van der Waals surface area contributed by atoms with Crippen LogP contribution < -0.4 is 16.8 Å². The van der Waals surface area contributed by atoms with Crippen molar-refractivity contribution in [3.05, 3.63) is 34.9 Å². The van der Waals surface area contributed by atoms with Crippen LogP contribution in [0.1, 0.15) is 29.5 Å². The molecule has 1 aromatic rings. The Hall–Kier alpha value is -1.60. The first-order valence-electron chi connectivity index (χ1n) is 7.12. The summed E-state index contributed by atoms with van der Waals surface area (Å²) in [4.78, 5) is 11.8. The zero-order chi connectivity index (χ0) is 16.8. The summed E-state index contributed by atoms with van der Waals surface area (Å²) in [7, 11) is 0. The molecule has 0 bridgehead atoms. The first kappa shape index (κ1) is 18.4. The summed E-state index contributed by atoms with van der Waals surface area (Å²) in [5.41, 5.74) is 11.2. The fourth-order valence-electron chi connectivity index (χ4n) is 2.10. The van der Waals surface area contributed by atoms with Gasteiger partial charge in [-0.3, -0.25) is 4.79 Å². The number of carbonyl (C=O) groups is 1. The van der Waals surface area contributed by atoms with Crippen LogP contribution in [0, 0.1) is 6.92 Å². The Balaban J connectivity index is 2.59. The lowest BCUT2D eigenvalue weighted by atomic mass is 10.0. The van der Waals surface area contributed by atoms with Gasteiger partial charge in [-0.15, -0.1) is 0 Å². The molecule has 0 aliphatic carbocycles. The van der Waals surface area contributed by atoms with E-state index in [9.17, 15) is 18.0 Å². The standard InChI is InChI=1S/C15H22F3N3O/c1-10-5-11(7-12(6-10)15(16,17)18)8-14(22)21-9-13(20)3-2-4-19/h5-7,13H,2-4,8-9,19-20H2,1H3,(H,21,22)/t13-/m0/s1. The number of hydrogen-bond acceptors (Lipinski definition) is 3. The average molecular weight is 317 g/mol. The molecule has 0 heterocycles. The molecule has 124 valence electrons. The van der Waals surface area contributed by atoms with Crippen molar-refractivity contribution in [2.75, 3.05) is 13.1 Å². The lowest BCUT2D eigenvalue weighted by molar-refractivity contribution is -0.137. The minimum absolute atomic E-state index is 0.103. The zero-order valence-electron chi connectivity index (χ0n) is 12.5. The van der Waals surface area contributed by atoms with E-state index in [1.54, 1.807) is 13.0 Å². The number of carbonyl (C=O) groups excluding carboxylic acids is 1. The molecule has 0 aliphatic rings. The normalized spacial score (nSPS) is 13.0. The topological polar surface area (TPSA) is 81.1 Å². The van der Waals surface area contributed by atoms with Crippen LogP contribution in [0.5, 0.6) is 0 Å². The Labute approximate surface area is 128 Å². The van der Waals surface area contributed by atoms with Crippen molar-refractivity contribution in [3.63, 3.8) is 0 Å². The molecule has 0 saturated carbocycles. The Morgan fingerprint density at radius 3 is 2.59 bits per heavy atom. The number of benzene rings is 1. The van der Waals surface area contributed by atoms with E-state index >= 15 is 0 Å². The minimum Gasteiger partial charge on any atom is -0.354 e. The van der Waals surface area contributed by atoms with Crippen LogP contribution >= 0.6 is 0 Å². The van der Waals surface area contributed by atoms with Crippen LogP contribution in [-0.4, -0.2) is 25.0 Å². The molecule has 1 amide bonds. The highest BCUT2D eigenvalue weighted by Crippen LogP contribution is 2.30. The number of aryl methyl sites for hydroxylation is 1. The van der Waals surface area contributed by atoms with E-state index in [4.69, 9.17) is 11.5 Å². The quantitative estimate of drug-likeness (QED) is 0.716. The summed E-state index contributed by atoms with van der Waals surface area (Å²) in [5.74, 6) is -0.345. The lowest BCUT2D eigenvalue weighted by Crippen LogP contribution is -2.38. The predicted molar refractivity (Wildman–Crippen MR) is 79.2 cm³/mol. The predicted octanol–water partition coefficient (Wildman–Crippen LogP) is 1.74. The van der Waals surface area contributed by atoms with E-state index < -0.39 is 11.7 Å². The van der Waals surface area contributed by atoms with Crippen molar-refractivity contribution in [1.82, 2.24) is 5.32 Å². The second-order valence-electron chi connectivity index (χ2n) is 5.38. The number of halogens is 3. The Kier molecular flexibility index (Phi) is 6.83. The van der Waals surface area contributed by atoms with Crippen molar-refractivity contribution in [2.24, 2.45) is 11.5 Å². The first-order chi connectivity index (χ1) is 10.2. The van der Waals surface area contributed by atoms with Gasteiger partial charge in [-0.2, -0.15) is 13.2 Å². The Morgan fingerprint density at radius 2 is 2.00 bits per heavy atom. The molecule has 22 heavy (non-hydrogen) atoms. The maximum Gasteiger partial charge on any atom is 0.416 e. The van der Waals surface area contributed by atoms with Gasteiger partial charge in [0.25, 0.3) is 0 Å². The molecular weight excluding hydrogens is 295 g/mol. The van der Waals surface area contributed by atoms with Crippen molar-refractivity contribution < 1.29 is 18.0 Å². The number of alkyl halides is 3. The van der Waals surface area contributed by atoms with Gasteiger partial charge in [0.2, 0.25) is 5.91 Å². The summed E-state index contributed by atoms with van der Waals surface area (Å²) in [6, 6.07) is 3.43. The third kappa shape index (κ3) is 6.44. The number of amides is 1. The van der Waals surface area contributed by atoms with Gasteiger partial charge in [0, 0.05) is 12.6 Å². The molecule has 0 fully saturated rings. The van der Waals surface area contributed by atoms with Crippen molar-refractivity contribution >= 4 is 5.91 Å². The first-order valence-corrected chi connectivity index (χ1v) is 7.12. The van der Waals surface area contributed by atoms with E-state index in [0.717, 1.165) is 18.6 Å². The highest BCUT2D eigenvalue weighted by atomic mass is 19.4. The second kappa shape index (κ2) is 8.14. The number of nitrogens with two attached hydrogens (primary N) is 2. The Morgan fingerprint density at radius 1 is 1.32 bits per heavy atom. The molecule has 4 nitrogen and oxygen atoms in total. The summed E-state index contributed by atoms with van der Waals surface area (Å²) >= 11 is 0. The summed E-state index contributed by atoms with van der Waals surface area (Å²) in [5, 5.41) is 2.63. The maximum atomic E-state index is 12.7. The molecule has 0 unspecified atom stereocenters. The highest BCUT2D eigenvalue weighted by molar-refractivity contribution is 5.78. The molecule has 7 heteroatoms. The van der Waals surface area contributed by atoms with Crippen LogP contribution in [0.2, 0.25) is 0 Å². The minimum atomic E-state index is -4.41. The van der Waals surface area contributed by atoms with Gasteiger partial charge < -0.3 is 16.8 Å². The van der Waals surface area contributed by atoms with Crippen LogP contribution in [0.4, 0.5) is 13.2 Å². The van der Waals surface area contributed by atoms with Crippen molar-refractivity contribution in [2.45, 2.75) is 38.4 Å². The average Bonchev–Trinajstić information content (AvgIpc) is 2.41. The van der Waals surface area contributed by atoms with Crippen LogP contribution in [0.25, 0.3) is 0 Å². The molecule has 1 aromatic carbocycles. The van der Waals surface area contributed by atoms with Gasteiger partial charge in [0.1, 0.15) is 0 Å². The zero-order valence-corrected chi connectivity index (χ0v) is 12.5. The van der Waals surface area contributed by atoms with Gasteiger partial charge in [-0.1, -0.05) is 11.6 Å². The largest absolute Gasteiger partial charge is 0.416 e. The van der Waals surface area contributed by atoms with Crippen molar-refractivity contribution in [3.8, 4) is 0 Å². The summed E-state index contributed by atoms with van der Waals surface area (Å²) < 4.78 is 38.2. The van der Waals surface area contributed by atoms with E-state index in [1.807, 2.05) is 0 Å². The van der Waals surface area contributed by atoms with Crippen LogP contribution in [-0.2, 0) is 17.4 Å². The molecule has 0 aromatic heterocycles. The van der Waals surface area contributed by atoms with Crippen LogP contribution in [0.3, 0.4) is 0 Å². The molecule has 0 aliphatic heterocycles. The fourth-order valence-corrected chi connectivity index (χ4v) is 2.10. The lowest BCUT2D eigenvalue weighted by Gasteiger charge is -2.13. The summed E-state index contributed by atoms with van der Waals surface area (Å²) in [6.07, 6.45) is -3.06. The molecular formula is C15H22F3N3O. The SMILES string of the molecule is Cc1cc(CC(=O)NC[C@@H](N)CCCN)cc(C(F)(F)F)c1. The Bertz CT molecular complexity index is 503. The molecule has 0 spiro atoms. The molecule has 5 N–H and O–H groups in total. The summed E-state index contributed by atoms with van der Waals surface area (Å²) in [6.45, 7) is 2.39. The van der Waals surface area contributed by atoms with Gasteiger partial charge in [0.05, 0.1) is 12.0 Å². The molecule has 1 rings (SSSR count). The van der Waals surface area contributed by atoms with Crippen LogP contribution in [0.15, 0.2) is 18.2 Å². The van der Waals surface area contributed by atoms with Crippen molar-refractivity contribution in [1.29, 1.82) is 0 Å². The number of hydrogen-bond donors (Lipinski definition) is 3. The maximum absolute atomic E-state index is 12.7. The monoisotopic (exact) mass is 317 g/mol. The highest BCUT2D eigenvalue weighted by Gasteiger charge is 2.30. The molecule has 0 saturated heterocycles. The van der Waals surface area contributed by atoms with E-state index in [0.29, 0.717) is 24.1 Å². The van der Waals surface area contributed by atoms with E-state index in [1.165, 1.54) is 0 Å². The number of rotatable bonds is 7. The third-order valence-corrected chi connectivity index (χ3v) is 3.17. The van der Waals surface area contributed by atoms with Gasteiger partial charge >= 0.3 is 6.18 Å². The van der Waals surface area contributed by atoms with Gasteiger partial charge in [-0.25, -0.2) is 0 Å². The van der Waals surface area contributed by atoms with Gasteiger partial charge in [-0.05, 0) is 44.0 Å². The number of nitrogens with one attached hydrogen (secondary N) is 1. The third-order valence-electron chi connectivity index (χ3n) is 3.17. The van der Waals surface area contributed by atoms with E-state index in [-0.39, 0.29) is 24.9 Å². The molecule has 1 atom stereocenters. The fraction of sp³-hybridized carbons (Fsp3) is 0.533. The molecule has 0 radical (unpaired) electrons. The smallest absolute Gasteiger partial charge is 0.354 e. The second-order valence-corrected chi connectivity index (χ2v) is 5.38.